The second-order valence-electron chi connectivity index (χ2n) is 6.92. The van der Waals surface area contributed by atoms with Gasteiger partial charge in [0.25, 0.3) is 0 Å². The van der Waals surface area contributed by atoms with Gasteiger partial charge in [-0.15, -0.1) is 0 Å². The molecule has 158 valence electrons. The Morgan fingerprint density at radius 3 is 2.57 bits per heavy atom. The van der Waals surface area contributed by atoms with Crippen LogP contribution in [0.15, 0.2) is 48.6 Å². The lowest BCUT2D eigenvalue weighted by molar-refractivity contribution is -0.136. The molecule has 6 nitrogen and oxygen atoms in total. The number of aliphatic hydroxyl groups is 3. The normalized spacial score (nSPS) is 25.5. The van der Waals surface area contributed by atoms with Crippen LogP contribution < -0.4 is 0 Å². The number of aliphatic carboxylic acids is 1. The van der Waals surface area contributed by atoms with E-state index in [0.29, 0.717) is 32.1 Å². The predicted molar refractivity (Wildman–Crippen MR) is 109 cm³/mol. The molecule has 0 aliphatic carbocycles. The molecule has 4 N–H and O–H groups in total. The number of hydrogen-bond donors (Lipinski definition) is 4. The molecule has 1 fully saturated rings. The minimum absolute atomic E-state index is 0.132. The van der Waals surface area contributed by atoms with Crippen molar-refractivity contribution >= 4 is 5.97 Å². The third kappa shape index (κ3) is 10.6. The van der Waals surface area contributed by atoms with Crippen LogP contribution in [0.1, 0.15) is 51.9 Å². The number of allylic oxidation sites excluding steroid dienone is 4. The van der Waals surface area contributed by atoms with Crippen molar-refractivity contribution in [1.29, 1.82) is 0 Å². The van der Waals surface area contributed by atoms with Crippen LogP contribution in [0.2, 0.25) is 0 Å². The van der Waals surface area contributed by atoms with E-state index in [2.05, 4.69) is 0 Å². The highest BCUT2D eigenvalue weighted by Crippen LogP contribution is 2.26. The zero-order valence-electron chi connectivity index (χ0n) is 16.6. The van der Waals surface area contributed by atoms with Gasteiger partial charge in [-0.2, -0.15) is 0 Å². The van der Waals surface area contributed by atoms with Gasteiger partial charge in [0.15, 0.2) is 0 Å². The van der Waals surface area contributed by atoms with Crippen LogP contribution in [0.25, 0.3) is 0 Å². The summed E-state index contributed by atoms with van der Waals surface area (Å²) < 4.78 is 5.76. The average Bonchev–Trinajstić information content (AvgIpc) is 3.02. The molecule has 0 unspecified atom stereocenters. The first-order valence-corrected chi connectivity index (χ1v) is 9.98. The molecule has 0 aromatic rings. The van der Waals surface area contributed by atoms with E-state index < -0.39 is 30.4 Å². The van der Waals surface area contributed by atoms with Crippen LogP contribution in [0.5, 0.6) is 0 Å². The molecular weight excluding hydrogens is 360 g/mol. The van der Waals surface area contributed by atoms with Crippen LogP contribution in [-0.2, 0) is 9.53 Å². The Morgan fingerprint density at radius 1 is 1.11 bits per heavy atom. The van der Waals surface area contributed by atoms with E-state index in [0.717, 1.165) is 6.42 Å². The average molecular weight is 395 g/mol. The zero-order valence-corrected chi connectivity index (χ0v) is 16.6. The summed E-state index contributed by atoms with van der Waals surface area (Å²) in [7, 11) is 0. The number of aliphatic hydroxyl groups excluding tert-OH is 3. The monoisotopic (exact) mass is 394 g/mol. The Bertz CT molecular complexity index is 551. The minimum atomic E-state index is -0.870. The maximum Gasteiger partial charge on any atom is 0.303 e. The zero-order chi connectivity index (χ0) is 20.8. The molecule has 28 heavy (non-hydrogen) atoms. The summed E-state index contributed by atoms with van der Waals surface area (Å²) >= 11 is 0. The van der Waals surface area contributed by atoms with Crippen molar-refractivity contribution in [3.8, 4) is 0 Å². The van der Waals surface area contributed by atoms with Crippen LogP contribution in [-0.4, -0.2) is 56.9 Å². The van der Waals surface area contributed by atoms with Gasteiger partial charge in [-0.3, -0.25) is 4.79 Å². The fraction of sp³-hybridized carbons (Fsp3) is 0.591. The van der Waals surface area contributed by atoms with Crippen molar-refractivity contribution in [2.45, 2.75) is 82.4 Å². The summed E-state index contributed by atoms with van der Waals surface area (Å²) in [6.45, 7) is 2.02. The number of rotatable bonds is 13. The third-order valence-electron chi connectivity index (χ3n) is 4.44. The molecule has 0 aromatic heterocycles. The molecule has 0 spiro atoms. The summed E-state index contributed by atoms with van der Waals surface area (Å²) in [4.78, 5) is 10.4. The maximum atomic E-state index is 10.4. The number of carbonyl (C=O) groups is 1. The van der Waals surface area contributed by atoms with Gasteiger partial charge in [0, 0.05) is 12.8 Å². The van der Waals surface area contributed by atoms with Crippen LogP contribution >= 0.6 is 0 Å². The van der Waals surface area contributed by atoms with Gasteiger partial charge < -0.3 is 25.2 Å². The second-order valence-corrected chi connectivity index (χ2v) is 6.92. The molecule has 1 aliphatic heterocycles. The van der Waals surface area contributed by atoms with Crippen molar-refractivity contribution in [1.82, 2.24) is 0 Å². The maximum absolute atomic E-state index is 10.4. The molecular formula is C22H34O6. The summed E-state index contributed by atoms with van der Waals surface area (Å²) in [6.07, 6.45) is 15.2. The van der Waals surface area contributed by atoms with Crippen molar-refractivity contribution in [3.05, 3.63) is 48.6 Å². The number of carboxylic acids is 1. The summed E-state index contributed by atoms with van der Waals surface area (Å²) in [5.41, 5.74) is 0. The summed E-state index contributed by atoms with van der Waals surface area (Å²) in [6, 6.07) is 0. The first-order valence-electron chi connectivity index (χ1n) is 9.98. The van der Waals surface area contributed by atoms with Gasteiger partial charge >= 0.3 is 5.97 Å². The Hall–Kier alpha value is -1.73. The van der Waals surface area contributed by atoms with E-state index >= 15 is 0 Å². The largest absolute Gasteiger partial charge is 0.481 e. The van der Waals surface area contributed by atoms with Gasteiger partial charge in [-0.05, 0) is 32.1 Å². The van der Waals surface area contributed by atoms with Crippen LogP contribution in [0, 0.1) is 0 Å². The molecule has 0 radical (unpaired) electrons. The van der Waals surface area contributed by atoms with E-state index in [9.17, 15) is 20.1 Å². The Balaban J connectivity index is 2.32. The molecule has 1 rings (SSSR count). The highest BCUT2D eigenvalue weighted by molar-refractivity contribution is 5.66. The fourth-order valence-corrected chi connectivity index (χ4v) is 2.87. The molecule has 1 aliphatic rings. The predicted octanol–water partition coefficient (Wildman–Crippen LogP) is 2.90. The Kier molecular flexibility index (Phi) is 12.4. The molecule has 0 bridgehead atoms. The molecule has 0 saturated carbocycles. The fourth-order valence-electron chi connectivity index (χ4n) is 2.87. The lowest BCUT2D eigenvalue weighted by Gasteiger charge is -2.16. The van der Waals surface area contributed by atoms with E-state index in [1.54, 1.807) is 6.08 Å². The molecule has 1 heterocycles. The number of hydrogen-bond acceptors (Lipinski definition) is 5. The molecule has 0 aromatic carbocycles. The van der Waals surface area contributed by atoms with Gasteiger partial charge in [0.1, 0.15) is 0 Å². The van der Waals surface area contributed by atoms with Gasteiger partial charge in [-0.25, -0.2) is 0 Å². The number of ether oxygens (including phenoxy) is 1. The van der Waals surface area contributed by atoms with Gasteiger partial charge in [0.05, 0.1) is 30.5 Å². The standard InChI is InChI=1S/C22H34O6/c1-2-3-8-11-17(23)14-15-18(24)21-16-19(25)20(28-21)12-9-6-4-5-7-10-13-22(26)27/h3,5-9,14-15,17-21,23-25H,2,4,10-13,16H2,1H3,(H,26,27)/b7-5-,8-3-,9-6-,15-14+/t17-,18-,19+,20-,21+/m0/s1. The molecule has 6 heteroatoms. The summed E-state index contributed by atoms with van der Waals surface area (Å²) in [5, 5.41) is 38.7. The summed E-state index contributed by atoms with van der Waals surface area (Å²) in [5.74, 6) is -0.804. The van der Waals surface area contributed by atoms with Crippen LogP contribution in [0.3, 0.4) is 0 Å². The highest BCUT2D eigenvalue weighted by atomic mass is 16.5. The topological polar surface area (TPSA) is 107 Å². The quantitative estimate of drug-likeness (QED) is 0.358. The first kappa shape index (κ1) is 24.3. The first-order chi connectivity index (χ1) is 13.4. The third-order valence-corrected chi connectivity index (χ3v) is 4.44. The molecule has 1 saturated heterocycles. The van der Waals surface area contributed by atoms with Crippen molar-refractivity contribution in [2.24, 2.45) is 0 Å². The van der Waals surface area contributed by atoms with E-state index in [-0.39, 0.29) is 12.5 Å². The smallest absolute Gasteiger partial charge is 0.303 e. The Labute approximate surface area is 167 Å². The van der Waals surface area contributed by atoms with E-state index in [4.69, 9.17) is 9.84 Å². The lowest BCUT2D eigenvalue weighted by Crippen LogP contribution is -2.24. The SMILES string of the molecule is CC/C=C\C[C@H](O)/C=C/[C@H](O)[C@H]1C[C@@H](O)[C@H](C/C=C\C/C=C\CCC(=O)O)O1. The van der Waals surface area contributed by atoms with E-state index in [1.165, 1.54) is 6.08 Å². The molecule has 5 atom stereocenters. The second kappa shape index (κ2) is 14.3. The van der Waals surface area contributed by atoms with Gasteiger partial charge in [-0.1, -0.05) is 55.5 Å². The lowest BCUT2D eigenvalue weighted by atomic mass is 10.0. The number of carboxylic acid groups (broad SMARTS) is 1. The highest BCUT2D eigenvalue weighted by Gasteiger charge is 2.36. The van der Waals surface area contributed by atoms with Crippen molar-refractivity contribution in [2.75, 3.05) is 0 Å². The van der Waals surface area contributed by atoms with Crippen LogP contribution in [0.4, 0.5) is 0 Å². The van der Waals surface area contributed by atoms with Crippen molar-refractivity contribution in [3.63, 3.8) is 0 Å². The van der Waals surface area contributed by atoms with E-state index in [1.807, 2.05) is 43.4 Å². The van der Waals surface area contributed by atoms with Gasteiger partial charge in [0.2, 0.25) is 0 Å². The minimum Gasteiger partial charge on any atom is -0.481 e. The Morgan fingerprint density at radius 2 is 1.86 bits per heavy atom. The molecule has 0 amide bonds. The van der Waals surface area contributed by atoms with Crippen molar-refractivity contribution < 1.29 is 30.0 Å².